The van der Waals surface area contributed by atoms with Crippen LogP contribution in [0.3, 0.4) is 0 Å². The molecule has 0 aromatic heterocycles. The Labute approximate surface area is 129 Å². The van der Waals surface area contributed by atoms with E-state index in [4.69, 9.17) is 15.2 Å². The van der Waals surface area contributed by atoms with E-state index >= 15 is 0 Å². The van der Waals surface area contributed by atoms with Gasteiger partial charge in [0, 0.05) is 22.6 Å². The summed E-state index contributed by atoms with van der Waals surface area (Å²) in [5, 5.41) is 0. The first-order chi connectivity index (χ1) is 9.53. The quantitative estimate of drug-likeness (QED) is 0.913. The molecule has 2 unspecified atom stereocenters. The average Bonchev–Trinajstić information content (AvgIpc) is 2.82. The van der Waals surface area contributed by atoms with Crippen LogP contribution in [0.15, 0.2) is 10.5 Å². The number of likely N-dealkylation sites (tertiary alicyclic amines) is 1. The number of nitrogens with two attached hydrogens (primary N) is 1. The lowest BCUT2D eigenvalue weighted by Gasteiger charge is -2.25. The second-order valence-electron chi connectivity index (χ2n) is 5.43. The molecule has 2 atom stereocenters. The van der Waals surface area contributed by atoms with Gasteiger partial charge in [-0.3, -0.25) is 4.90 Å². The lowest BCUT2D eigenvalue weighted by Crippen LogP contribution is -2.21. The van der Waals surface area contributed by atoms with Crippen molar-refractivity contribution >= 4 is 15.9 Å². The molecule has 5 heteroatoms. The van der Waals surface area contributed by atoms with Crippen LogP contribution in [0.4, 0.5) is 0 Å². The molecule has 1 fully saturated rings. The zero-order chi connectivity index (χ0) is 14.9. The summed E-state index contributed by atoms with van der Waals surface area (Å²) >= 11 is 3.62. The summed E-state index contributed by atoms with van der Waals surface area (Å²) in [5.41, 5.74) is 8.25. The molecule has 1 aliphatic rings. The molecule has 20 heavy (non-hydrogen) atoms. The van der Waals surface area contributed by atoms with Crippen LogP contribution in [-0.2, 0) is 0 Å². The lowest BCUT2D eigenvalue weighted by atomic mass is 9.95. The molecule has 2 rings (SSSR count). The molecule has 1 heterocycles. The van der Waals surface area contributed by atoms with Crippen molar-refractivity contribution in [2.75, 3.05) is 34.4 Å². The van der Waals surface area contributed by atoms with Crippen LogP contribution in [0.2, 0.25) is 0 Å². The van der Waals surface area contributed by atoms with Gasteiger partial charge in [0.25, 0.3) is 0 Å². The van der Waals surface area contributed by atoms with Gasteiger partial charge in [0.15, 0.2) is 11.5 Å². The first kappa shape index (κ1) is 15.6. The maximum atomic E-state index is 5.84. The van der Waals surface area contributed by atoms with Gasteiger partial charge in [0.1, 0.15) is 0 Å². The maximum Gasteiger partial charge on any atom is 0.165 e. The van der Waals surface area contributed by atoms with E-state index in [1.165, 1.54) is 11.1 Å². The molecule has 2 N–H and O–H groups in total. The molecule has 0 radical (unpaired) electrons. The van der Waals surface area contributed by atoms with E-state index in [2.05, 4.69) is 34.8 Å². The van der Waals surface area contributed by atoms with Crippen LogP contribution in [-0.4, -0.2) is 39.3 Å². The first-order valence-electron chi connectivity index (χ1n) is 6.84. The Kier molecular flexibility index (Phi) is 4.94. The molecule has 1 saturated heterocycles. The Morgan fingerprint density at radius 2 is 2.10 bits per heavy atom. The van der Waals surface area contributed by atoms with Gasteiger partial charge in [0.2, 0.25) is 0 Å². The fourth-order valence-corrected chi connectivity index (χ4v) is 3.52. The Morgan fingerprint density at radius 1 is 1.40 bits per heavy atom. The largest absolute Gasteiger partial charge is 0.493 e. The zero-order valence-corrected chi connectivity index (χ0v) is 14.2. The Hall–Kier alpha value is -0.780. The summed E-state index contributed by atoms with van der Waals surface area (Å²) in [6.45, 7) is 3.87. The number of methoxy groups -OCH3 is 2. The number of ether oxygens (including phenoxy) is 2. The highest BCUT2D eigenvalue weighted by atomic mass is 79.9. The van der Waals surface area contributed by atoms with Gasteiger partial charge in [-0.25, -0.2) is 0 Å². The molecule has 0 bridgehead atoms. The van der Waals surface area contributed by atoms with Gasteiger partial charge in [-0.1, -0.05) is 15.9 Å². The third-order valence-corrected chi connectivity index (χ3v) is 5.04. The number of benzene rings is 1. The van der Waals surface area contributed by atoms with Crippen LogP contribution in [0, 0.1) is 12.8 Å². The minimum atomic E-state index is 0.324. The van der Waals surface area contributed by atoms with Crippen molar-refractivity contribution in [3.05, 3.63) is 21.7 Å². The van der Waals surface area contributed by atoms with E-state index in [1.807, 2.05) is 6.07 Å². The van der Waals surface area contributed by atoms with Crippen LogP contribution < -0.4 is 15.2 Å². The van der Waals surface area contributed by atoms with Crippen molar-refractivity contribution in [3.63, 3.8) is 0 Å². The highest BCUT2D eigenvalue weighted by molar-refractivity contribution is 9.10. The van der Waals surface area contributed by atoms with Crippen LogP contribution >= 0.6 is 15.9 Å². The predicted molar refractivity (Wildman–Crippen MR) is 84.5 cm³/mol. The zero-order valence-electron chi connectivity index (χ0n) is 12.6. The highest BCUT2D eigenvalue weighted by Crippen LogP contribution is 2.46. The standard InChI is InChI=1S/C15H23BrN2O2/c1-9-11(16)6-13(19-3)15(20-4)14(9)12-5-10(7-17)8-18(12)2/h6,10,12H,5,7-8,17H2,1-4H3. The second kappa shape index (κ2) is 6.33. The summed E-state index contributed by atoms with van der Waals surface area (Å²) in [6, 6.07) is 2.29. The third-order valence-electron chi connectivity index (χ3n) is 4.21. The fourth-order valence-electron chi connectivity index (χ4n) is 3.10. The minimum absolute atomic E-state index is 0.324. The summed E-state index contributed by atoms with van der Waals surface area (Å²) in [4.78, 5) is 2.36. The summed E-state index contributed by atoms with van der Waals surface area (Å²) in [7, 11) is 5.51. The molecule has 0 aliphatic carbocycles. The molecule has 4 nitrogen and oxygen atoms in total. The van der Waals surface area contributed by atoms with Gasteiger partial charge in [-0.15, -0.1) is 0 Å². The van der Waals surface area contributed by atoms with Gasteiger partial charge < -0.3 is 15.2 Å². The SMILES string of the molecule is COc1cc(Br)c(C)c(C2CC(CN)CN2C)c1OC. The van der Waals surface area contributed by atoms with Crippen molar-refractivity contribution in [2.24, 2.45) is 11.7 Å². The molecular weight excluding hydrogens is 320 g/mol. The van der Waals surface area contributed by atoms with Crippen LogP contribution in [0.1, 0.15) is 23.6 Å². The van der Waals surface area contributed by atoms with Crippen molar-refractivity contribution in [3.8, 4) is 11.5 Å². The van der Waals surface area contributed by atoms with E-state index in [9.17, 15) is 0 Å². The summed E-state index contributed by atoms with van der Waals surface area (Å²) in [6.07, 6.45) is 1.06. The van der Waals surface area contributed by atoms with Crippen molar-refractivity contribution < 1.29 is 9.47 Å². The van der Waals surface area contributed by atoms with Crippen molar-refractivity contribution in [2.45, 2.75) is 19.4 Å². The minimum Gasteiger partial charge on any atom is -0.493 e. The molecule has 112 valence electrons. The Bertz CT molecular complexity index is 493. The van der Waals surface area contributed by atoms with Crippen molar-refractivity contribution in [1.29, 1.82) is 0 Å². The molecule has 1 aromatic rings. The number of hydrogen-bond acceptors (Lipinski definition) is 4. The topological polar surface area (TPSA) is 47.7 Å². The van der Waals surface area contributed by atoms with E-state index in [-0.39, 0.29) is 0 Å². The molecule has 1 aromatic carbocycles. The summed E-state index contributed by atoms with van der Waals surface area (Å²) in [5.74, 6) is 2.14. The maximum absolute atomic E-state index is 5.84. The lowest BCUT2D eigenvalue weighted by molar-refractivity contribution is 0.294. The van der Waals surface area contributed by atoms with Crippen LogP contribution in [0.5, 0.6) is 11.5 Å². The monoisotopic (exact) mass is 342 g/mol. The fraction of sp³-hybridized carbons (Fsp3) is 0.600. The van der Waals surface area contributed by atoms with Gasteiger partial charge in [-0.2, -0.15) is 0 Å². The normalized spacial score (nSPS) is 23.1. The van der Waals surface area contributed by atoms with E-state index < -0.39 is 0 Å². The number of rotatable bonds is 4. The molecule has 0 spiro atoms. The van der Waals surface area contributed by atoms with Crippen LogP contribution in [0.25, 0.3) is 0 Å². The summed E-state index contributed by atoms with van der Waals surface area (Å²) < 4.78 is 12.1. The Morgan fingerprint density at radius 3 is 2.60 bits per heavy atom. The third kappa shape index (κ3) is 2.67. The second-order valence-corrected chi connectivity index (χ2v) is 6.28. The predicted octanol–water partition coefficient (Wildman–Crippen LogP) is 2.73. The van der Waals surface area contributed by atoms with Gasteiger partial charge >= 0.3 is 0 Å². The van der Waals surface area contributed by atoms with Gasteiger partial charge in [0.05, 0.1) is 14.2 Å². The smallest absolute Gasteiger partial charge is 0.165 e. The van der Waals surface area contributed by atoms with E-state index in [0.717, 1.165) is 35.5 Å². The number of halogens is 1. The molecule has 0 saturated carbocycles. The first-order valence-corrected chi connectivity index (χ1v) is 7.64. The van der Waals surface area contributed by atoms with E-state index in [0.29, 0.717) is 12.0 Å². The average molecular weight is 343 g/mol. The Balaban J connectivity index is 2.52. The van der Waals surface area contributed by atoms with E-state index in [1.54, 1.807) is 14.2 Å². The van der Waals surface area contributed by atoms with Crippen molar-refractivity contribution in [1.82, 2.24) is 4.90 Å². The molecule has 0 amide bonds. The molecular formula is C15H23BrN2O2. The number of nitrogens with zero attached hydrogens (tertiary/aromatic N) is 1. The van der Waals surface area contributed by atoms with Gasteiger partial charge in [-0.05, 0) is 44.5 Å². The highest BCUT2D eigenvalue weighted by Gasteiger charge is 2.34. The molecule has 1 aliphatic heterocycles. The number of hydrogen-bond donors (Lipinski definition) is 1.